The van der Waals surface area contributed by atoms with Crippen LogP contribution in [0.1, 0.15) is 33.2 Å². The average molecular weight is 879 g/mol. The fourth-order valence-corrected chi connectivity index (χ4v) is 6.69. The normalized spacial score (nSPS) is 10.7. The lowest BCUT2D eigenvalue weighted by molar-refractivity contribution is 0.0731. The van der Waals surface area contributed by atoms with Crippen LogP contribution in [0.3, 0.4) is 0 Å². The second-order valence-electron chi connectivity index (χ2n) is 6.75. The van der Waals surface area contributed by atoms with Crippen molar-refractivity contribution in [3.63, 3.8) is 0 Å². The van der Waals surface area contributed by atoms with E-state index in [0.29, 0.717) is 44.2 Å². The molecule has 3 rings (SSSR count). The van der Waals surface area contributed by atoms with Crippen molar-refractivity contribution < 1.29 is 19.4 Å². The molecule has 0 heterocycles. The van der Waals surface area contributed by atoms with Crippen LogP contribution in [-0.4, -0.2) is 28.4 Å². The van der Waals surface area contributed by atoms with Gasteiger partial charge < -0.3 is 14.7 Å². The van der Waals surface area contributed by atoms with Gasteiger partial charge in [-0.25, -0.2) is 4.79 Å². The Kier molecular flexibility index (Phi) is 9.43. The van der Waals surface area contributed by atoms with Gasteiger partial charge in [-0.2, -0.15) is 0 Å². The molecule has 0 radical (unpaired) electrons. The van der Waals surface area contributed by atoms with E-state index in [1.54, 1.807) is 29.2 Å². The molecule has 0 aliphatic heterocycles. The van der Waals surface area contributed by atoms with E-state index in [9.17, 15) is 14.7 Å². The van der Waals surface area contributed by atoms with Crippen molar-refractivity contribution in [3.05, 3.63) is 85.6 Å². The van der Waals surface area contributed by atoms with Crippen LogP contribution in [0, 0.1) is 14.3 Å². The number of halogens is 4. The van der Waals surface area contributed by atoms with E-state index < -0.39 is 5.97 Å². The van der Waals surface area contributed by atoms with E-state index in [0.717, 1.165) is 5.56 Å². The Labute approximate surface area is 240 Å². The minimum atomic E-state index is -0.519. The van der Waals surface area contributed by atoms with Crippen LogP contribution in [0.25, 0.3) is 0 Å². The Morgan fingerprint density at radius 3 is 1.94 bits per heavy atom. The molecule has 166 valence electrons. The largest absolute Gasteiger partial charge is 0.506 e. The van der Waals surface area contributed by atoms with Crippen molar-refractivity contribution in [2.45, 2.75) is 13.5 Å². The number of carbonyl (C=O) groups excluding carboxylic acids is 2. The van der Waals surface area contributed by atoms with E-state index >= 15 is 0 Å². The summed E-state index contributed by atoms with van der Waals surface area (Å²) in [6, 6.07) is 16.5. The molecule has 1 N–H and O–H groups in total. The Morgan fingerprint density at radius 1 is 0.875 bits per heavy atom. The highest BCUT2D eigenvalue weighted by molar-refractivity contribution is 14.1. The Balaban J connectivity index is 1.82. The SMILES string of the molecule is CCN(Cc1ccccc1)C(=O)c1cc(I)c(OC(=O)c2cc(I)c(O)c(I)c2)c(I)c1. The van der Waals surface area contributed by atoms with E-state index in [2.05, 4.69) is 45.2 Å². The molecule has 3 aromatic rings. The third kappa shape index (κ3) is 6.25. The standard InChI is InChI=1S/C23H17I4NO4/c1-2-28(12-13-6-4-3-5-7-13)22(30)14-8-18(26)21(19(27)9-14)32-23(31)15-10-16(24)20(29)17(25)11-15/h3-11,29H,2,12H2,1H3. The molecule has 0 aliphatic rings. The zero-order valence-corrected chi connectivity index (χ0v) is 25.4. The van der Waals surface area contributed by atoms with Crippen molar-refractivity contribution in [2.75, 3.05) is 6.54 Å². The minimum absolute atomic E-state index is 0.0762. The van der Waals surface area contributed by atoms with Crippen LogP contribution in [0.15, 0.2) is 54.6 Å². The first kappa shape index (κ1) is 25.9. The summed E-state index contributed by atoms with van der Waals surface area (Å²) in [4.78, 5) is 27.6. The highest BCUT2D eigenvalue weighted by Gasteiger charge is 2.21. The Bertz CT molecular complexity index is 1120. The molecule has 3 aromatic carbocycles. The zero-order valence-electron chi connectivity index (χ0n) is 16.7. The molecule has 0 saturated heterocycles. The van der Waals surface area contributed by atoms with E-state index in [1.807, 2.05) is 82.4 Å². The zero-order chi connectivity index (χ0) is 23.4. The molecule has 0 bridgehead atoms. The van der Waals surface area contributed by atoms with Crippen molar-refractivity contribution in [2.24, 2.45) is 0 Å². The van der Waals surface area contributed by atoms with Crippen molar-refractivity contribution in [1.82, 2.24) is 4.90 Å². The van der Waals surface area contributed by atoms with Crippen LogP contribution in [-0.2, 0) is 6.54 Å². The Morgan fingerprint density at radius 2 is 1.41 bits per heavy atom. The molecule has 5 nitrogen and oxygen atoms in total. The van der Waals surface area contributed by atoms with Gasteiger partial charge >= 0.3 is 5.97 Å². The van der Waals surface area contributed by atoms with Gasteiger partial charge in [0.05, 0.1) is 19.8 Å². The predicted molar refractivity (Wildman–Crippen MR) is 157 cm³/mol. The number of rotatable bonds is 6. The van der Waals surface area contributed by atoms with E-state index in [1.165, 1.54) is 0 Å². The van der Waals surface area contributed by atoms with Crippen molar-refractivity contribution in [3.8, 4) is 11.5 Å². The molecule has 0 unspecified atom stereocenters. The molecule has 32 heavy (non-hydrogen) atoms. The molecule has 0 aromatic heterocycles. The first-order valence-electron chi connectivity index (χ1n) is 9.43. The van der Waals surface area contributed by atoms with Gasteiger partial charge in [-0.3, -0.25) is 4.79 Å². The number of phenols is 1. The number of ether oxygens (including phenoxy) is 1. The first-order valence-corrected chi connectivity index (χ1v) is 13.7. The number of esters is 1. The van der Waals surface area contributed by atoms with Gasteiger partial charge in [-0.1, -0.05) is 30.3 Å². The van der Waals surface area contributed by atoms with Gasteiger partial charge in [0.1, 0.15) is 5.75 Å². The highest BCUT2D eigenvalue weighted by Crippen LogP contribution is 2.32. The van der Waals surface area contributed by atoms with Crippen molar-refractivity contribution >= 4 is 102 Å². The quantitative estimate of drug-likeness (QED) is 0.171. The lowest BCUT2D eigenvalue weighted by Crippen LogP contribution is -2.30. The summed E-state index contributed by atoms with van der Waals surface area (Å²) in [7, 11) is 0. The maximum Gasteiger partial charge on any atom is 0.343 e. The molecule has 0 fully saturated rings. The number of hydrogen-bond donors (Lipinski definition) is 1. The summed E-state index contributed by atoms with van der Waals surface area (Å²) in [6.45, 7) is 3.06. The number of benzene rings is 3. The smallest absolute Gasteiger partial charge is 0.343 e. The van der Waals surface area contributed by atoms with E-state index in [4.69, 9.17) is 4.74 Å². The summed E-state index contributed by atoms with van der Waals surface area (Å²) in [5, 5.41) is 9.93. The summed E-state index contributed by atoms with van der Waals surface area (Å²) in [5.74, 6) is -0.0367. The fourth-order valence-electron chi connectivity index (χ4n) is 2.93. The lowest BCUT2D eigenvalue weighted by atomic mass is 10.1. The van der Waals surface area contributed by atoms with Gasteiger partial charge in [-0.15, -0.1) is 0 Å². The number of amides is 1. The fraction of sp³-hybridized carbons (Fsp3) is 0.130. The number of nitrogens with zero attached hydrogens (tertiary/aromatic N) is 1. The molecule has 0 atom stereocenters. The van der Waals surface area contributed by atoms with Crippen LogP contribution in [0.5, 0.6) is 11.5 Å². The highest BCUT2D eigenvalue weighted by atomic mass is 127. The number of carbonyl (C=O) groups is 2. The van der Waals surface area contributed by atoms with Gasteiger partial charge in [0.25, 0.3) is 5.91 Å². The first-order chi connectivity index (χ1) is 15.2. The average Bonchev–Trinajstić information content (AvgIpc) is 2.77. The molecule has 0 spiro atoms. The molecule has 0 aliphatic carbocycles. The van der Waals surface area contributed by atoms with Crippen LogP contribution in [0.2, 0.25) is 0 Å². The third-order valence-corrected chi connectivity index (χ3v) is 7.82. The molecular formula is C23H17I4NO4. The monoisotopic (exact) mass is 879 g/mol. The van der Waals surface area contributed by atoms with Gasteiger partial charge in [-0.05, 0) is 127 Å². The minimum Gasteiger partial charge on any atom is -0.506 e. The summed E-state index contributed by atoms with van der Waals surface area (Å²) in [6.07, 6.45) is 0. The number of hydrogen-bond acceptors (Lipinski definition) is 4. The predicted octanol–water partition coefficient (Wildman–Crippen LogP) is 6.69. The van der Waals surface area contributed by atoms with Gasteiger partial charge in [0, 0.05) is 18.7 Å². The molecule has 9 heteroatoms. The van der Waals surface area contributed by atoms with Crippen LogP contribution < -0.4 is 4.74 Å². The molecule has 1 amide bonds. The number of phenolic OH excluding ortho intramolecular Hbond substituents is 1. The molecular weight excluding hydrogens is 862 g/mol. The Hall–Kier alpha value is -0.680. The topological polar surface area (TPSA) is 66.8 Å². The van der Waals surface area contributed by atoms with Crippen molar-refractivity contribution in [1.29, 1.82) is 0 Å². The van der Waals surface area contributed by atoms with Crippen LogP contribution in [0.4, 0.5) is 0 Å². The lowest BCUT2D eigenvalue weighted by Gasteiger charge is -2.22. The second kappa shape index (κ2) is 11.6. The maximum absolute atomic E-state index is 13.1. The summed E-state index contributed by atoms with van der Waals surface area (Å²) >= 11 is 8.11. The number of aromatic hydroxyl groups is 1. The van der Waals surface area contributed by atoms with E-state index in [-0.39, 0.29) is 11.7 Å². The third-order valence-electron chi connectivity index (χ3n) is 4.58. The maximum atomic E-state index is 13.1. The van der Waals surface area contributed by atoms with Gasteiger partial charge in [0.2, 0.25) is 0 Å². The summed E-state index contributed by atoms with van der Waals surface area (Å²) < 4.78 is 8.15. The summed E-state index contributed by atoms with van der Waals surface area (Å²) in [5.41, 5.74) is 1.96. The molecule has 0 saturated carbocycles. The van der Waals surface area contributed by atoms with Crippen LogP contribution >= 0.6 is 90.4 Å². The second-order valence-corrected chi connectivity index (χ2v) is 11.4. The van der Waals surface area contributed by atoms with Gasteiger partial charge in [0.15, 0.2) is 5.75 Å².